The number of nitrogens with zero attached hydrogens (tertiary/aromatic N) is 1. The van der Waals surface area contributed by atoms with Crippen LogP contribution in [0.2, 0.25) is 0 Å². The highest BCUT2D eigenvalue weighted by molar-refractivity contribution is 5.44. The molecule has 0 bridgehead atoms. The Kier molecular flexibility index (Phi) is 2.34. The Morgan fingerprint density at radius 3 is 2.44 bits per heavy atom. The molecule has 0 atom stereocenters. The fourth-order valence-electron chi connectivity index (χ4n) is 1.12. The molecule has 0 radical (unpaired) electrons. The summed E-state index contributed by atoms with van der Waals surface area (Å²) in [6, 6.07) is 0. The number of rotatable bonds is 1. The van der Waals surface area contributed by atoms with Crippen LogP contribution < -0.4 is 0 Å². The van der Waals surface area contributed by atoms with Crippen LogP contribution in [0.4, 0.5) is 0 Å². The molecule has 2 heteroatoms. The Balaban J connectivity index is 2.31. The van der Waals surface area contributed by atoms with Gasteiger partial charge >= 0.3 is 0 Å². The van der Waals surface area contributed by atoms with Crippen LogP contribution in [0.1, 0.15) is 19.3 Å². The van der Waals surface area contributed by atoms with Crippen molar-refractivity contribution in [2.24, 2.45) is 0 Å². The van der Waals surface area contributed by atoms with E-state index in [1.807, 2.05) is 4.90 Å². The van der Waals surface area contributed by atoms with Crippen LogP contribution in [0.3, 0.4) is 0 Å². The van der Waals surface area contributed by atoms with Crippen LogP contribution in [0.5, 0.6) is 0 Å². The lowest BCUT2D eigenvalue weighted by molar-refractivity contribution is 0.310. The average Bonchev–Trinajstić information content (AvgIpc) is 1.91. The van der Waals surface area contributed by atoms with Crippen LogP contribution in [-0.2, 0) is 4.79 Å². The zero-order chi connectivity index (χ0) is 6.53. The highest BCUT2D eigenvalue weighted by Crippen LogP contribution is 2.07. The van der Waals surface area contributed by atoms with Crippen LogP contribution in [0, 0.1) is 0 Å². The first-order valence-electron chi connectivity index (χ1n) is 3.38. The molecule has 1 rings (SSSR count). The molecule has 2 nitrogen and oxygen atoms in total. The molecule has 1 aliphatic rings. The van der Waals surface area contributed by atoms with Gasteiger partial charge in [-0.15, -0.1) is 0 Å². The van der Waals surface area contributed by atoms with Crippen molar-refractivity contribution in [2.45, 2.75) is 19.3 Å². The minimum absolute atomic E-state index is 1.04. The van der Waals surface area contributed by atoms with Crippen molar-refractivity contribution in [3.63, 3.8) is 0 Å². The van der Waals surface area contributed by atoms with Crippen molar-refractivity contribution in [1.29, 1.82) is 0 Å². The van der Waals surface area contributed by atoms with Crippen LogP contribution in [-0.4, -0.2) is 23.9 Å². The van der Waals surface area contributed by atoms with E-state index in [0.29, 0.717) is 0 Å². The summed E-state index contributed by atoms with van der Waals surface area (Å²) in [5, 5.41) is 0. The molecule has 1 saturated heterocycles. The van der Waals surface area contributed by atoms with E-state index in [2.05, 4.69) is 0 Å². The van der Waals surface area contributed by atoms with Gasteiger partial charge in [0.2, 0.25) is 0 Å². The summed E-state index contributed by atoms with van der Waals surface area (Å²) in [6.07, 6.45) is 5.26. The number of carbonyl (C=O) groups excluding carboxylic acids is 1. The van der Waals surface area contributed by atoms with Gasteiger partial charge in [0.15, 0.2) is 0 Å². The molecular formula is C7H11NO. The lowest BCUT2D eigenvalue weighted by atomic mass is 10.1. The fourth-order valence-corrected chi connectivity index (χ4v) is 1.12. The molecule has 1 heterocycles. The van der Waals surface area contributed by atoms with Crippen molar-refractivity contribution >= 4 is 5.94 Å². The van der Waals surface area contributed by atoms with Crippen molar-refractivity contribution in [3.8, 4) is 0 Å². The van der Waals surface area contributed by atoms with Crippen molar-refractivity contribution in [3.05, 3.63) is 6.20 Å². The summed E-state index contributed by atoms with van der Waals surface area (Å²) in [5.74, 6) is 1.79. The van der Waals surface area contributed by atoms with Crippen molar-refractivity contribution in [2.75, 3.05) is 13.1 Å². The van der Waals surface area contributed by atoms with Gasteiger partial charge < -0.3 is 4.90 Å². The summed E-state index contributed by atoms with van der Waals surface area (Å²) in [5.41, 5.74) is 0. The third kappa shape index (κ3) is 1.90. The first-order chi connectivity index (χ1) is 4.43. The first-order valence-corrected chi connectivity index (χ1v) is 3.38. The minimum atomic E-state index is 1.04. The second-order valence-corrected chi connectivity index (χ2v) is 2.34. The maximum Gasteiger partial charge on any atom is 0.142 e. The van der Waals surface area contributed by atoms with Gasteiger partial charge in [0.1, 0.15) is 5.94 Å². The molecule has 0 unspecified atom stereocenters. The highest BCUT2D eigenvalue weighted by atomic mass is 16.1. The van der Waals surface area contributed by atoms with Gasteiger partial charge in [-0.05, 0) is 19.3 Å². The quantitative estimate of drug-likeness (QED) is 0.483. The van der Waals surface area contributed by atoms with Gasteiger partial charge in [0, 0.05) is 13.1 Å². The molecule has 1 fully saturated rings. The molecule has 1 aliphatic heterocycles. The monoisotopic (exact) mass is 125 g/mol. The third-order valence-electron chi connectivity index (χ3n) is 1.63. The van der Waals surface area contributed by atoms with Crippen LogP contribution in [0.25, 0.3) is 0 Å². The summed E-state index contributed by atoms with van der Waals surface area (Å²) in [6.45, 7) is 2.07. The van der Waals surface area contributed by atoms with E-state index in [0.717, 1.165) is 13.1 Å². The van der Waals surface area contributed by atoms with Crippen LogP contribution in [0.15, 0.2) is 6.20 Å². The Morgan fingerprint density at radius 1 is 1.22 bits per heavy atom. The predicted octanol–water partition coefficient (Wildman–Crippen LogP) is 0.818. The van der Waals surface area contributed by atoms with Crippen LogP contribution >= 0.6 is 0 Å². The smallest absolute Gasteiger partial charge is 0.142 e. The predicted molar refractivity (Wildman–Crippen MR) is 35.7 cm³/mol. The van der Waals surface area contributed by atoms with E-state index in [-0.39, 0.29) is 0 Å². The standard InChI is InChI=1S/C7H11NO/c9-7-6-8-4-2-1-3-5-8/h6H,1-5H2. The van der Waals surface area contributed by atoms with Gasteiger partial charge in [0.25, 0.3) is 0 Å². The van der Waals surface area contributed by atoms with Gasteiger partial charge in [-0.2, -0.15) is 0 Å². The molecule has 0 aromatic carbocycles. The lowest BCUT2D eigenvalue weighted by Crippen LogP contribution is -2.24. The largest absolute Gasteiger partial charge is 0.369 e. The van der Waals surface area contributed by atoms with E-state index < -0.39 is 0 Å². The number of likely N-dealkylation sites (tertiary alicyclic amines) is 1. The molecule has 0 N–H and O–H groups in total. The second kappa shape index (κ2) is 3.31. The Morgan fingerprint density at radius 2 is 1.89 bits per heavy atom. The van der Waals surface area contributed by atoms with Gasteiger partial charge in [-0.1, -0.05) is 0 Å². The van der Waals surface area contributed by atoms with Gasteiger partial charge in [0.05, 0.1) is 6.20 Å². The molecule has 0 saturated carbocycles. The zero-order valence-electron chi connectivity index (χ0n) is 5.47. The fraction of sp³-hybridized carbons (Fsp3) is 0.714. The molecular weight excluding hydrogens is 114 g/mol. The molecule has 0 aliphatic carbocycles. The molecule has 9 heavy (non-hydrogen) atoms. The second-order valence-electron chi connectivity index (χ2n) is 2.34. The van der Waals surface area contributed by atoms with E-state index in [1.54, 1.807) is 5.94 Å². The Hall–Kier alpha value is -0.750. The summed E-state index contributed by atoms with van der Waals surface area (Å²) < 4.78 is 0. The van der Waals surface area contributed by atoms with E-state index >= 15 is 0 Å². The molecule has 0 aromatic rings. The van der Waals surface area contributed by atoms with Gasteiger partial charge in [-0.3, -0.25) is 0 Å². The maximum atomic E-state index is 9.85. The Bertz CT molecular complexity index is 121. The average molecular weight is 125 g/mol. The molecule has 0 spiro atoms. The number of hydrogen-bond donors (Lipinski definition) is 0. The van der Waals surface area contributed by atoms with Gasteiger partial charge in [-0.25, -0.2) is 4.79 Å². The number of hydrogen-bond acceptors (Lipinski definition) is 2. The summed E-state index contributed by atoms with van der Waals surface area (Å²) in [7, 11) is 0. The molecule has 0 aromatic heterocycles. The first kappa shape index (κ1) is 6.37. The maximum absolute atomic E-state index is 9.85. The van der Waals surface area contributed by atoms with E-state index in [9.17, 15) is 4.79 Å². The third-order valence-corrected chi connectivity index (χ3v) is 1.63. The zero-order valence-corrected chi connectivity index (χ0v) is 5.47. The topological polar surface area (TPSA) is 20.3 Å². The molecule has 0 amide bonds. The van der Waals surface area contributed by atoms with Crippen molar-refractivity contribution in [1.82, 2.24) is 4.90 Å². The normalized spacial score (nSPS) is 18.9. The summed E-state index contributed by atoms with van der Waals surface area (Å²) >= 11 is 0. The van der Waals surface area contributed by atoms with Crippen molar-refractivity contribution < 1.29 is 4.79 Å². The summed E-state index contributed by atoms with van der Waals surface area (Å²) in [4.78, 5) is 11.9. The lowest BCUT2D eigenvalue weighted by Gasteiger charge is -2.22. The number of piperidine rings is 1. The Labute approximate surface area is 55.2 Å². The minimum Gasteiger partial charge on any atom is -0.369 e. The SMILES string of the molecule is O=C=CN1CCCCC1. The molecule has 50 valence electrons. The van der Waals surface area contributed by atoms with E-state index in [4.69, 9.17) is 0 Å². The van der Waals surface area contributed by atoms with E-state index in [1.165, 1.54) is 25.5 Å². The highest BCUT2D eigenvalue weighted by Gasteiger charge is 2.04.